The van der Waals surface area contributed by atoms with Gasteiger partial charge in [-0.1, -0.05) is 13.8 Å². The molecule has 1 rings (SSSR count). The molecule has 3 unspecified atom stereocenters. The Kier molecular flexibility index (Phi) is 7.15. The van der Waals surface area contributed by atoms with E-state index in [4.69, 9.17) is 9.47 Å². The number of hydrogen-bond acceptors (Lipinski definition) is 4. The minimum Gasteiger partial charge on any atom is -0.389 e. The Labute approximate surface area is 111 Å². The molecule has 1 N–H and O–H groups in total. The number of hydrogen-bond donors (Lipinski definition) is 1. The van der Waals surface area contributed by atoms with Crippen LogP contribution in [0.5, 0.6) is 0 Å². The molecule has 0 amide bonds. The number of ether oxygens (including phenoxy) is 2. The average Bonchev–Trinajstić information content (AvgIpc) is 2.75. The minimum absolute atomic E-state index is 0.0478. The van der Waals surface area contributed by atoms with Crippen molar-refractivity contribution in [2.75, 3.05) is 40.0 Å². The van der Waals surface area contributed by atoms with Crippen molar-refractivity contribution in [3.63, 3.8) is 0 Å². The van der Waals surface area contributed by atoms with Crippen LogP contribution in [0.3, 0.4) is 0 Å². The molecule has 0 aromatic carbocycles. The molecule has 0 radical (unpaired) electrons. The lowest BCUT2D eigenvalue weighted by Crippen LogP contribution is -2.35. The van der Waals surface area contributed by atoms with E-state index in [9.17, 15) is 5.11 Å². The number of aliphatic hydroxyl groups excluding tert-OH is 1. The molecule has 1 aliphatic rings. The molecule has 1 fully saturated rings. The number of likely N-dealkylation sites (tertiary alicyclic amines) is 1. The topological polar surface area (TPSA) is 41.9 Å². The van der Waals surface area contributed by atoms with Gasteiger partial charge in [0.15, 0.2) is 0 Å². The fourth-order valence-corrected chi connectivity index (χ4v) is 2.48. The zero-order valence-electron chi connectivity index (χ0n) is 12.3. The first-order valence-electron chi connectivity index (χ1n) is 7.03. The van der Waals surface area contributed by atoms with Crippen molar-refractivity contribution in [1.82, 2.24) is 4.90 Å². The van der Waals surface area contributed by atoms with Crippen LogP contribution in [-0.4, -0.2) is 62.2 Å². The van der Waals surface area contributed by atoms with Crippen LogP contribution >= 0.6 is 0 Å². The van der Waals surface area contributed by atoms with E-state index in [1.807, 2.05) is 6.92 Å². The average molecular weight is 259 g/mol. The van der Waals surface area contributed by atoms with Crippen molar-refractivity contribution in [2.45, 2.75) is 39.4 Å². The van der Waals surface area contributed by atoms with Crippen molar-refractivity contribution in [3.05, 3.63) is 0 Å². The second-order valence-corrected chi connectivity index (χ2v) is 5.81. The third-order valence-corrected chi connectivity index (χ3v) is 3.70. The lowest BCUT2D eigenvalue weighted by atomic mass is 9.95. The van der Waals surface area contributed by atoms with Crippen molar-refractivity contribution in [3.8, 4) is 0 Å². The van der Waals surface area contributed by atoms with E-state index >= 15 is 0 Å². The van der Waals surface area contributed by atoms with E-state index in [-0.39, 0.29) is 6.10 Å². The molecule has 0 aliphatic carbocycles. The summed E-state index contributed by atoms with van der Waals surface area (Å²) in [6.45, 7) is 10.4. The van der Waals surface area contributed by atoms with Gasteiger partial charge in [-0.2, -0.15) is 0 Å². The van der Waals surface area contributed by atoms with E-state index in [1.54, 1.807) is 7.11 Å². The van der Waals surface area contributed by atoms with Gasteiger partial charge < -0.3 is 19.5 Å². The van der Waals surface area contributed by atoms with Crippen molar-refractivity contribution in [1.29, 1.82) is 0 Å². The van der Waals surface area contributed by atoms with Gasteiger partial charge in [0, 0.05) is 20.2 Å². The molecule has 18 heavy (non-hydrogen) atoms. The predicted octanol–water partition coefficient (Wildman–Crippen LogP) is 1.38. The molecule has 4 heteroatoms. The van der Waals surface area contributed by atoms with Crippen LogP contribution in [0.4, 0.5) is 0 Å². The normalized spacial score (nSPS) is 24.7. The molecule has 0 bridgehead atoms. The summed E-state index contributed by atoms with van der Waals surface area (Å²) in [5, 5.41) is 9.94. The van der Waals surface area contributed by atoms with Crippen LogP contribution in [0.15, 0.2) is 0 Å². The molecule has 0 spiro atoms. The van der Waals surface area contributed by atoms with Gasteiger partial charge in [0.25, 0.3) is 0 Å². The fourth-order valence-electron chi connectivity index (χ4n) is 2.48. The highest BCUT2D eigenvalue weighted by Crippen LogP contribution is 2.23. The van der Waals surface area contributed by atoms with Gasteiger partial charge in [-0.15, -0.1) is 0 Å². The maximum atomic E-state index is 9.94. The number of methoxy groups -OCH3 is 1. The number of nitrogens with zero attached hydrogens (tertiary/aromatic N) is 1. The molecule has 3 atom stereocenters. The highest BCUT2D eigenvalue weighted by molar-refractivity contribution is 4.79. The first kappa shape index (κ1) is 15.9. The first-order valence-corrected chi connectivity index (χ1v) is 7.03. The van der Waals surface area contributed by atoms with Gasteiger partial charge in [-0.3, -0.25) is 0 Å². The summed E-state index contributed by atoms with van der Waals surface area (Å²) in [6.07, 6.45) is 0.910. The third-order valence-electron chi connectivity index (χ3n) is 3.70. The Hall–Kier alpha value is -0.160. The second-order valence-electron chi connectivity index (χ2n) is 5.81. The molecule has 0 saturated carbocycles. The monoisotopic (exact) mass is 259 g/mol. The zero-order valence-corrected chi connectivity index (χ0v) is 12.3. The summed E-state index contributed by atoms with van der Waals surface area (Å²) in [5.74, 6) is 1.52. The van der Waals surface area contributed by atoms with Gasteiger partial charge in [0.1, 0.15) is 0 Å². The van der Waals surface area contributed by atoms with Crippen molar-refractivity contribution < 1.29 is 14.6 Å². The van der Waals surface area contributed by atoms with Crippen molar-refractivity contribution >= 4 is 0 Å². The minimum atomic E-state index is -0.393. The molecule has 1 aliphatic heterocycles. The van der Waals surface area contributed by atoms with Gasteiger partial charge in [-0.05, 0) is 31.7 Å². The molecule has 0 aromatic heterocycles. The predicted molar refractivity (Wildman–Crippen MR) is 72.7 cm³/mol. The molecular weight excluding hydrogens is 230 g/mol. The molecular formula is C14H29NO3. The zero-order chi connectivity index (χ0) is 13.5. The van der Waals surface area contributed by atoms with Crippen LogP contribution in [0.2, 0.25) is 0 Å². The van der Waals surface area contributed by atoms with E-state index in [1.165, 1.54) is 6.42 Å². The largest absolute Gasteiger partial charge is 0.389 e. The highest BCUT2D eigenvalue weighted by atomic mass is 16.5. The lowest BCUT2D eigenvalue weighted by molar-refractivity contribution is -0.0385. The first-order chi connectivity index (χ1) is 8.52. The van der Waals surface area contributed by atoms with Gasteiger partial charge >= 0.3 is 0 Å². The second kappa shape index (κ2) is 8.10. The summed E-state index contributed by atoms with van der Waals surface area (Å²) in [6, 6.07) is 0. The Morgan fingerprint density at radius 1 is 1.28 bits per heavy atom. The third kappa shape index (κ3) is 5.65. The summed E-state index contributed by atoms with van der Waals surface area (Å²) >= 11 is 0. The van der Waals surface area contributed by atoms with E-state index < -0.39 is 6.10 Å². The number of β-amino-alcohol motifs (C(OH)–C–C–N with tert-alkyl or cyclic N) is 1. The molecule has 1 heterocycles. The van der Waals surface area contributed by atoms with Crippen LogP contribution in [0.25, 0.3) is 0 Å². The Bertz CT molecular complexity index is 223. The standard InChI is InChI=1S/C14H29NO3/c1-11(2)13-5-6-15(7-13)8-14(16)10-18-12(3)9-17-4/h11-14,16H,5-10H2,1-4H3. The number of rotatable bonds is 8. The van der Waals surface area contributed by atoms with Crippen LogP contribution in [-0.2, 0) is 9.47 Å². The lowest BCUT2D eigenvalue weighted by Gasteiger charge is -2.22. The smallest absolute Gasteiger partial charge is 0.0900 e. The summed E-state index contributed by atoms with van der Waals surface area (Å²) in [7, 11) is 1.66. The Balaban J connectivity index is 2.15. The van der Waals surface area contributed by atoms with E-state index in [2.05, 4.69) is 18.7 Å². The van der Waals surface area contributed by atoms with Crippen LogP contribution in [0.1, 0.15) is 27.2 Å². The maximum absolute atomic E-state index is 9.94. The molecule has 108 valence electrons. The summed E-state index contributed by atoms with van der Waals surface area (Å²) in [5.41, 5.74) is 0. The SMILES string of the molecule is COCC(C)OCC(O)CN1CCC(C(C)C)C1. The molecule has 4 nitrogen and oxygen atoms in total. The van der Waals surface area contributed by atoms with Crippen LogP contribution in [0, 0.1) is 11.8 Å². The van der Waals surface area contributed by atoms with Gasteiger partial charge in [0.05, 0.1) is 25.4 Å². The van der Waals surface area contributed by atoms with E-state index in [0.29, 0.717) is 13.2 Å². The molecule has 1 saturated heterocycles. The van der Waals surface area contributed by atoms with Gasteiger partial charge in [0.2, 0.25) is 0 Å². The Morgan fingerprint density at radius 2 is 2.00 bits per heavy atom. The molecule has 0 aromatic rings. The fraction of sp³-hybridized carbons (Fsp3) is 1.00. The highest BCUT2D eigenvalue weighted by Gasteiger charge is 2.26. The van der Waals surface area contributed by atoms with E-state index in [0.717, 1.165) is 31.5 Å². The van der Waals surface area contributed by atoms with Crippen molar-refractivity contribution in [2.24, 2.45) is 11.8 Å². The summed E-state index contributed by atoms with van der Waals surface area (Å²) < 4.78 is 10.5. The summed E-state index contributed by atoms with van der Waals surface area (Å²) in [4.78, 5) is 2.35. The Morgan fingerprint density at radius 3 is 2.56 bits per heavy atom. The quantitative estimate of drug-likeness (QED) is 0.715. The maximum Gasteiger partial charge on any atom is 0.0900 e. The number of aliphatic hydroxyl groups is 1. The van der Waals surface area contributed by atoms with Crippen LogP contribution < -0.4 is 0 Å². The van der Waals surface area contributed by atoms with Gasteiger partial charge in [-0.25, -0.2) is 0 Å².